The monoisotopic (exact) mass is 492 g/mol. The zero-order chi connectivity index (χ0) is 25.6. The minimum atomic E-state index is -0.374. The van der Waals surface area contributed by atoms with Gasteiger partial charge in [0, 0.05) is 44.1 Å². The summed E-state index contributed by atoms with van der Waals surface area (Å²) in [6, 6.07) is 22.4. The zero-order valence-electron chi connectivity index (χ0n) is 20.9. The fraction of sp³-hybridized carbons (Fsp3) is 0.286. The predicted octanol–water partition coefficient (Wildman–Crippen LogP) is 6.17. The van der Waals surface area contributed by atoms with Gasteiger partial charge in [0.25, 0.3) is 5.91 Å². The molecule has 35 heavy (non-hydrogen) atoms. The van der Waals surface area contributed by atoms with Crippen molar-refractivity contribution in [3.05, 3.63) is 94.5 Å². The van der Waals surface area contributed by atoms with E-state index >= 15 is 0 Å². The lowest BCUT2D eigenvalue weighted by atomic mass is 10.1. The van der Waals surface area contributed by atoms with E-state index < -0.39 is 0 Å². The molecule has 0 heterocycles. The van der Waals surface area contributed by atoms with Crippen LogP contribution in [0.25, 0.3) is 0 Å². The highest BCUT2D eigenvalue weighted by Crippen LogP contribution is 2.26. The zero-order valence-corrected chi connectivity index (χ0v) is 21.7. The van der Waals surface area contributed by atoms with Gasteiger partial charge in [0.15, 0.2) is 0 Å². The number of benzene rings is 3. The molecule has 0 spiro atoms. The van der Waals surface area contributed by atoms with Crippen LogP contribution < -0.4 is 15.5 Å². The summed E-state index contributed by atoms with van der Waals surface area (Å²) in [5.74, 6) is -0.286. The summed E-state index contributed by atoms with van der Waals surface area (Å²) in [4.78, 5) is 29.8. The summed E-state index contributed by atoms with van der Waals surface area (Å²) in [6.45, 7) is 6.69. The molecule has 0 saturated carbocycles. The summed E-state index contributed by atoms with van der Waals surface area (Å²) in [6.07, 6.45) is 0. The van der Waals surface area contributed by atoms with Crippen molar-refractivity contribution in [1.82, 2.24) is 10.2 Å². The van der Waals surface area contributed by atoms with Crippen LogP contribution in [-0.4, -0.2) is 36.5 Å². The number of amides is 3. The van der Waals surface area contributed by atoms with Crippen LogP contribution in [0.1, 0.15) is 42.3 Å². The van der Waals surface area contributed by atoms with Crippen LogP contribution >= 0.6 is 11.6 Å². The van der Waals surface area contributed by atoms with Crippen LogP contribution in [0.15, 0.2) is 72.8 Å². The van der Waals surface area contributed by atoms with Gasteiger partial charge in [0.2, 0.25) is 0 Å². The van der Waals surface area contributed by atoms with E-state index in [9.17, 15) is 9.59 Å². The quantitative estimate of drug-likeness (QED) is 0.414. The van der Waals surface area contributed by atoms with Crippen molar-refractivity contribution in [3.8, 4) is 0 Å². The molecule has 0 aliphatic carbocycles. The van der Waals surface area contributed by atoms with Gasteiger partial charge < -0.3 is 20.4 Å². The van der Waals surface area contributed by atoms with Gasteiger partial charge in [-0.3, -0.25) is 4.79 Å². The second kappa shape index (κ2) is 11.3. The maximum absolute atomic E-state index is 13.3. The summed E-state index contributed by atoms with van der Waals surface area (Å²) in [7, 11) is 3.91. The smallest absolute Gasteiger partial charge is 0.318 e. The van der Waals surface area contributed by atoms with Crippen LogP contribution in [0.3, 0.4) is 0 Å². The van der Waals surface area contributed by atoms with Crippen molar-refractivity contribution in [3.63, 3.8) is 0 Å². The first-order chi connectivity index (χ1) is 16.5. The molecule has 0 unspecified atom stereocenters. The normalized spacial score (nSPS) is 11.0. The third-order valence-electron chi connectivity index (χ3n) is 5.28. The Morgan fingerprint density at radius 1 is 0.886 bits per heavy atom. The number of anilines is 2. The largest absolute Gasteiger partial charge is 0.377 e. The van der Waals surface area contributed by atoms with E-state index in [2.05, 4.69) is 10.6 Å². The van der Waals surface area contributed by atoms with Gasteiger partial charge in [-0.15, -0.1) is 0 Å². The topological polar surface area (TPSA) is 64.7 Å². The van der Waals surface area contributed by atoms with Crippen molar-refractivity contribution >= 4 is 34.9 Å². The lowest BCUT2D eigenvalue weighted by Crippen LogP contribution is -2.48. The van der Waals surface area contributed by atoms with Crippen molar-refractivity contribution in [2.75, 3.05) is 24.3 Å². The molecule has 0 aliphatic heterocycles. The van der Waals surface area contributed by atoms with Gasteiger partial charge in [-0.1, -0.05) is 54.1 Å². The number of carbonyl (C=O) groups is 2. The van der Waals surface area contributed by atoms with Gasteiger partial charge in [0.1, 0.15) is 0 Å². The molecule has 2 N–H and O–H groups in total. The van der Waals surface area contributed by atoms with Crippen LogP contribution in [-0.2, 0) is 13.1 Å². The highest BCUT2D eigenvalue weighted by Gasteiger charge is 2.22. The first kappa shape index (κ1) is 26.1. The first-order valence-corrected chi connectivity index (χ1v) is 11.9. The highest BCUT2D eigenvalue weighted by atomic mass is 35.5. The third kappa shape index (κ3) is 7.49. The Morgan fingerprint density at radius 3 is 2.17 bits per heavy atom. The maximum Gasteiger partial charge on any atom is 0.318 e. The molecule has 3 aromatic carbocycles. The molecule has 3 amide bonds. The first-order valence-electron chi connectivity index (χ1n) is 11.5. The predicted molar refractivity (Wildman–Crippen MR) is 144 cm³/mol. The fourth-order valence-electron chi connectivity index (χ4n) is 3.68. The maximum atomic E-state index is 13.3. The molecular weight excluding hydrogens is 460 g/mol. The molecule has 0 saturated heterocycles. The number of urea groups is 1. The molecule has 3 aromatic rings. The van der Waals surface area contributed by atoms with Crippen LogP contribution in [0.5, 0.6) is 0 Å². The number of halogens is 1. The Bertz CT molecular complexity index is 1170. The molecule has 0 bridgehead atoms. The van der Waals surface area contributed by atoms with Crippen molar-refractivity contribution in [1.29, 1.82) is 0 Å². The Morgan fingerprint density at radius 2 is 1.54 bits per heavy atom. The van der Waals surface area contributed by atoms with E-state index in [0.717, 1.165) is 16.8 Å². The molecule has 3 rings (SSSR count). The lowest BCUT2D eigenvalue weighted by Gasteiger charge is -2.30. The van der Waals surface area contributed by atoms with Gasteiger partial charge in [-0.2, -0.15) is 0 Å². The second-order valence-electron chi connectivity index (χ2n) is 9.69. The van der Waals surface area contributed by atoms with E-state index in [1.807, 2.05) is 88.3 Å². The minimum absolute atomic E-state index is 0.156. The van der Waals surface area contributed by atoms with E-state index in [-0.39, 0.29) is 17.5 Å². The number of nitrogens with one attached hydrogen (secondary N) is 2. The van der Waals surface area contributed by atoms with Gasteiger partial charge >= 0.3 is 6.03 Å². The SMILES string of the molecule is CN(C)c1ccc(NC(=O)c2ccccc2Cl)cc1CN(Cc1ccccc1)C(=O)NC(C)(C)C. The van der Waals surface area contributed by atoms with Crippen LogP contribution in [0, 0.1) is 0 Å². The number of carbonyl (C=O) groups excluding carboxylic acids is 2. The molecule has 0 atom stereocenters. The van der Waals surface area contributed by atoms with E-state index in [4.69, 9.17) is 11.6 Å². The van der Waals surface area contributed by atoms with Crippen LogP contribution in [0.2, 0.25) is 5.02 Å². The van der Waals surface area contributed by atoms with Gasteiger partial charge in [-0.25, -0.2) is 4.79 Å². The number of hydrogen-bond acceptors (Lipinski definition) is 3. The fourth-order valence-corrected chi connectivity index (χ4v) is 3.90. The molecule has 6 nitrogen and oxygen atoms in total. The molecule has 184 valence electrons. The summed E-state index contributed by atoms with van der Waals surface area (Å²) in [5, 5.41) is 6.40. The molecule has 0 radical (unpaired) electrons. The van der Waals surface area contributed by atoms with Gasteiger partial charge in [0.05, 0.1) is 10.6 Å². The van der Waals surface area contributed by atoms with E-state index in [0.29, 0.717) is 29.4 Å². The molecule has 0 aromatic heterocycles. The molecule has 7 heteroatoms. The van der Waals surface area contributed by atoms with Crippen molar-refractivity contribution in [2.24, 2.45) is 0 Å². The van der Waals surface area contributed by atoms with Crippen LogP contribution in [0.4, 0.5) is 16.2 Å². The Kier molecular flexibility index (Phi) is 8.41. The van der Waals surface area contributed by atoms with E-state index in [1.54, 1.807) is 29.2 Å². The summed E-state index contributed by atoms with van der Waals surface area (Å²) >= 11 is 6.20. The summed E-state index contributed by atoms with van der Waals surface area (Å²) < 4.78 is 0. The highest BCUT2D eigenvalue weighted by molar-refractivity contribution is 6.34. The second-order valence-corrected chi connectivity index (χ2v) is 10.1. The van der Waals surface area contributed by atoms with Crippen molar-refractivity contribution in [2.45, 2.75) is 39.4 Å². The van der Waals surface area contributed by atoms with Gasteiger partial charge in [-0.05, 0) is 62.2 Å². The lowest BCUT2D eigenvalue weighted by molar-refractivity contribution is 0.102. The average molecular weight is 493 g/mol. The Labute approximate surface area is 212 Å². The average Bonchev–Trinajstić information content (AvgIpc) is 2.78. The minimum Gasteiger partial charge on any atom is -0.377 e. The third-order valence-corrected chi connectivity index (χ3v) is 5.61. The molecular formula is C28H33ClN4O2. The number of hydrogen-bond donors (Lipinski definition) is 2. The van der Waals surface area contributed by atoms with Crippen molar-refractivity contribution < 1.29 is 9.59 Å². The van der Waals surface area contributed by atoms with E-state index in [1.165, 1.54) is 0 Å². The number of nitrogens with zero attached hydrogens (tertiary/aromatic N) is 2. The Hall–Kier alpha value is -3.51. The standard InChI is InChI=1S/C28H33ClN4O2/c1-28(2,3)31-27(35)33(18-20-11-7-6-8-12-20)19-21-17-22(15-16-25(21)32(4)5)30-26(34)23-13-9-10-14-24(23)29/h6-17H,18-19H2,1-5H3,(H,30,34)(H,31,35). The Balaban J connectivity index is 1.91. The molecule has 0 aliphatic rings. The molecule has 0 fully saturated rings. The summed E-state index contributed by atoms with van der Waals surface area (Å²) in [5.41, 5.74) is 3.57. The number of rotatable bonds is 7.